The minimum atomic E-state index is -0.984. The van der Waals surface area contributed by atoms with Crippen LogP contribution >= 0.6 is 15.9 Å². The Balaban J connectivity index is 2.38. The number of aromatic nitrogens is 1. The fraction of sp³-hybridized carbons (Fsp3) is 0.0833. The van der Waals surface area contributed by atoms with Gasteiger partial charge >= 0.3 is 0 Å². The Morgan fingerprint density at radius 3 is 2.44 bits per heavy atom. The topological polar surface area (TPSA) is 33.1 Å². The van der Waals surface area contributed by atoms with E-state index in [1.165, 1.54) is 6.07 Å². The van der Waals surface area contributed by atoms with Crippen LogP contribution in [-0.4, -0.2) is 10.1 Å². The Morgan fingerprint density at radius 2 is 1.81 bits per heavy atom. The van der Waals surface area contributed by atoms with Crippen LogP contribution < -0.4 is 0 Å². The van der Waals surface area contributed by atoms with Gasteiger partial charge < -0.3 is 5.11 Å². The third kappa shape index (κ3) is 2.28. The van der Waals surface area contributed by atoms with Gasteiger partial charge in [0.25, 0.3) is 0 Å². The average molecular weight is 282 g/mol. The molecule has 2 rings (SSSR count). The Kier molecular flexibility index (Phi) is 3.31. The van der Waals surface area contributed by atoms with E-state index in [9.17, 15) is 9.50 Å². The maximum atomic E-state index is 13.5. The van der Waals surface area contributed by atoms with Crippen LogP contribution in [-0.2, 0) is 0 Å². The first-order chi connectivity index (χ1) is 7.68. The van der Waals surface area contributed by atoms with Crippen molar-refractivity contribution in [3.8, 4) is 0 Å². The number of benzene rings is 1. The molecular weight excluding hydrogens is 273 g/mol. The molecule has 1 atom stereocenters. The number of halogens is 2. The molecule has 0 bridgehead atoms. The molecule has 1 aromatic carbocycles. The summed E-state index contributed by atoms with van der Waals surface area (Å²) >= 11 is 3.07. The SMILES string of the molecule is OC(c1ccccc1)c1ccc(Br)nc1F. The highest BCUT2D eigenvalue weighted by Crippen LogP contribution is 2.24. The highest BCUT2D eigenvalue weighted by atomic mass is 79.9. The number of hydrogen-bond acceptors (Lipinski definition) is 2. The van der Waals surface area contributed by atoms with E-state index in [2.05, 4.69) is 20.9 Å². The van der Waals surface area contributed by atoms with Crippen LogP contribution in [0, 0.1) is 5.95 Å². The lowest BCUT2D eigenvalue weighted by Gasteiger charge is -2.11. The van der Waals surface area contributed by atoms with Gasteiger partial charge in [0.05, 0.1) is 0 Å². The van der Waals surface area contributed by atoms with E-state index in [1.54, 1.807) is 30.3 Å². The highest BCUT2D eigenvalue weighted by molar-refractivity contribution is 9.10. The minimum absolute atomic E-state index is 0.175. The molecule has 0 fully saturated rings. The molecule has 4 heteroatoms. The average Bonchev–Trinajstić information content (AvgIpc) is 2.29. The summed E-state index contributed by atoms with van der Waals surface area (Å²) in [6.07, 6.45) is -0.984. The first-order valence-electron chi connectivity index (χ1n) is 4.73. The normalized spacial score (nSPS) is 12.4. The largest absolute Gasteiger partial charge is 0.383 e. The van der Waals surface area contributed by atoms with Crippen molar-refractivity contribution >= 4 is 15.9 Å². The molecule has 82 valence electrons. The summed E-state index contributed by atoms with van der Waals surface area (Å²) in [7, 11) is 0. The van der Waals surface area contributed by atoms with Gasteiger partial charge in [0, 0.05) is 5.56 Å². The number of nitrogens with zero attached hydrogens (tertiary/aromatic N) is 1. The zero-order chi connectivity index (χ0) is 11.5. The number of aliphatic hydroxyl groups excluding tert-OH is 1. The Morgan fingerprint density at radius 1 is 1.12 bits per heavy atom. The fourth-order valence-corrected chi connectivity index (χ4v) is 1.73. The molecule has 2 nitrogen and oxygen atoms in total. The summed E-state index contributed by atoms with van der Waals surface area (Å²) < 4.78 is 13.9. The van der Waals surface area contributed by atoms with E-state index < -0.39 is 12.1 Å². The molecule has 0 radical (unpaired) electrons. The molecule has 1 heterocycles. The Hall–Kier alpha value is -1.26. The summed E-state index contributed by atoms with van der Waals surface area (Å²) in [5.74, 6) is -0.661. The first kappa shape index (κ1) is 11.2. The quantitative estimate of drug-likeness (QED) is 0.859. The van der Waals surface area contributed by atoms with Crippen molar-refractivity contribution in [1.29, 1.82) is 0 Å². The Bertz CT molecular complexity index is 490. The predicted molar refractivity (Wildman–Crippen MR) is 62.4 cm³/mol. The molecule has 1 unspecified atom stereocenters. The molecule has 0 aliphatic carbocycles. The van der Waals surface area contributed by atoms with Crippen LogP contribution in [0.25, 0.3) is 0 Å². The van der Waals surface area contributed by atoms with E-state index >= 15 is 0 Å². The minimum Gasteiger partial charge on any atom is -0.383 e. The van der Waals surface area contributed by atoms with Crippen LogP contribution in [0.3, 0.4) is 0 Å². The van der Waals surface area contributed by atoms with Crippen LogP contribution in [0.5, 0.6) is 0 Å². The second-order valence-electron chi connectivity index (χ2n) is 3.33. The van der Waals surface area contributed by atoms with Gasteiger partial charge in [-0.25, -0.2) is 4.98 Å². The van der Waals surface area contributed by atoms with E-state index in [1.807, 2.05) is 6.07 Å². The molecule has 0 saturated carbocycles. The van der Waals surface area contributed by atoms with Gasteiger partial charge in [-0.15, -0.1) is 0 Å². The second-order valence-corrected chi connectivity index (χ2v) is 4.14. The third-order valence-corrected chi connectivity index (χ3v) is 2.70. The molecule has 0 spiro atoms. The summed E-state index contributed by atoms with van der Waals surface area (Å²) in [6, 6.07) is 12.0. The lowest BCUT2D eigenvalue weighted by atomic mass is 10.0. The summed E-state index contributed by atoms with van der Waals surface area (Å²) in [6.45, 7) is 0. The number of hydrogen-bond donors (Lipinski definition) is 1. The standard InChI is InChI=1S/C12H9BrFNO/c13-10-7-6-9(12(14)15-10)11(16)8-4-2-1-3-5-8/h1-7,11,16H. The van der Waals surface area contributed by atoms with Gasteiger partial charge in [-0.3, -0.25) is 0 Å². The van der Waals surface area contributed by atoms with E-state index in [4.69, 9.17) is 0 Å². The summed E-state index contributed by atoms with van der Waals surface area (Å²) in [4.78, 5) is 3.61. The van der Waals surface area contributed by atoms with Crippen molar-refractivity contribution in [1.82, 2.24) is 4.98 Å². The fourth-order valence-electron chi connectivity index (χ4n) is 1.44. The van der Waals surface area contributed by atoms with Crippen molar-refractivity contribution in [3.63, 3.8) is 0 Å². The van der Waals surface area contributed by atoms with Gasteiger partial charge in [0.1, 0.15) is 10.7 Å². The molecule has 0 amide bonds. The van der Waals surface area contributed by atoms with Crippen LogP contribution in [0.1, 0.15) is 17.2 Å². The second kappa shape index (κ2) is 4.72. The van der Waals surface area contributed by atoms with Gasteiger partial charge in [-0.2, -0.15) is 4.39 Å². The Labute approximate surface area is 101 Å². The molecule has 0 aliphatic rings. The maximum Gasteiger partial charge on any atom is 0.220 e. The summed E-state index contributed by atoms with van der Waals surface area (Å²) in [5.41, 5.74) is 0.819. The van der Waals surface area contributed by atoms with Crippen molar-refractivity contribution < 1.29 is 9.50 Å². The maximum absolute atomic E-state index is 13.5. The lowest BCUT2D eigenvalue weighted by Crippen LogP contribution is -2.04. The van der Waals surface area contributed by atoms with Crippen molar-refractivity contribution in [2.45, 2.75) is 6.10 Å². The van der Waals surface area contributed by atoms with Gasteiger partial charge in [-0.05, 0) is 33.6 Å². The smallest absolute Gasteiger partial charge is 0.220 e. The van der Waals surface area contributed by atoms with Crippen LogP contribution in [0.2, 0.25) is 0 Å². The van der Waals surface area contributed by atoms with Gasteiger partial charge in [-0.1, -0.05) is 30.3 Å². The van der Waals surface area contributed by atoms with Gasteiger partial charge in [0.2, 0.25) is 5.95 Å². The van der Waals surface area contributed by atoms with Crippen molar-refractivity contribution in [2.75, 3.05) is 0 Å². The third-order valence-electron chi connectivity index (χ3n) is 2.25. The summed E-state index contributed by atoms with van der Waals surface area (Å²) in [5, 5.41) is 9.97. The van der Waals surface area contributed by atoms with E-state index in [-0.39, 0.29) is 5.56 Å². The molecular formula is C12H9BrFNO. The van der Waals surface area contributed by atoms with Crippen molar-refractivity contribution in [2.24, 2.45) is 0 Å². The molecule has 0 aliphatic heterocycles. The molecule has 1 aromatic heterocycles. The molecule has 2 aromatic rings. The zero-order valence-electron chi connectivity index (χ0n) is 8.27. The van der Waals surface area contributed by atoms with Crippen LogP contribution in [0.15, 0.2) is 47.1 Å². The molecule has 0 saturated heterocycles. The van der Waals surface area contributed by atoms with Gasteiger partial charge in [0.15, 0.2) is 0 Å². The number of aliphatic hydroxyl groups is 1. The van der Waals surface area contributed by atoms with Crippen LogP contribution in [0.4, 0.5) is 4.39 Å². The lowest BCUT2D eigenvalue weighted by molar-refractivity contribution is 0.213. The molecule has 16 heavy (non-hydrogen) atoms. The predicted octanol–water partition coefficient (Wildman–Crippen LogP) is 3.06. The number of rotatable bonds is 2. The number of pyridine rings is 1. The van der Waals surface area contributed by atoms with E-state index in [0.29, 0.717) is 10.2 Å². The van der Waals surface area contributed by atoms with E-state index in [0.717, 1.165) is 0 Å². The zero-order valence-corrected chi connectivity index (χ0v) is 9.86. The molecule has 1 N–H and O–H groups in total. The van der Waals surface area contributed by atoms with Crippen molar-refractivity contribution in [3.05, 3.63) is 64.1 Å². The monoisotopic (exact) mass is 281 g/mol. The first-order valence-corrected chi connectivity index (χ1v) is 5.53. The highest BCUT2D eigenvalue weighted by Gasteiger charge is 2.15.